The molecule has 0 aliphatic heterocycles. The van der Waals surface area contributed by atoms with Gasteiger partial charge in [-0.25, -0.2) is 0 Å². The van der Waals surface area contributed by atoms with Crippen LogP contribution in [0, 0.1) is 0 Å². The molecule has 5 heteroatoms. The van der Waals surface area contributed by atoms with Crippen molar-refractivity contribution in [3.05, 3.63) is 70.1 Å². The molecule has 1 atom stereocenters. The molecule has 0 fully saturated rings. The molecular formula is C17H14ClNO2S. The number of aliphatic hydroxyl groups excluding tert-OH is 1. The van der Waals surface area contributed by atoms with Gasteiger partial charge in [0, 0.05) is 27.4 Å². The normalized spacial score (nSPS) is 12.3. The lowest BCUT2D eigenvalue weighted by Crippen LogP contribution is -2.28. The van der Waals surface area contributed by atoms with Crippen molar-refractivity contribution >= 4 is 38.9 Å². The number of carbonyl (C=O) groups excluding carboxylic acids is 1. The number of benzene rings is 2. The molecule has 2 N–H and O–H groups in total. The number of hydrogen-bond donors (Lipinski definition) is 2. The number of fused-ring (bicyclic) bond motifs is 1. The van der Waals surface area contributed by atoms with E-state index in [0.29, 0.717) is 10.6 Å². The SMILES string of the molecule is O=C(NCC(O)c1csc2ccccc12)c1ccc(Cl)cc1. The number of rotatable bonds is 4. The van der Waals surface area contributed by atoms with E-state index in [1.165, 1.54) is 0 Å². The Labute approximate surface area is 137 Å². The van der Waals surface area contributed by atoms with Gasteiger partial charge in [0.2, 0.25) is 0 Å². The molecule has 112 valence electrons. The molecule has 1 unspecified atom stereocenters. The quantitative estimate of drug-likeness (QED) is 0.758. The summed E-state index contributed by atoms with van der Waals surface area (Å²) in [6.07, 6.45) is -0.729. The molecular weight excluding hydrogens is 318 g/mol. The lowest BCUT2D eigenvalue weighted by atomic mass is 10.1. The van der Waals surface area contributed by atoms with Crippen LogP contribution in [-0.4, -0.2) is 17.6 Å². The Bertz CT molecular complexity index is 798. The number of hydrogen-bond acceptors (Lipinski definition) is 3. The standard InChI is InChI=1S/C17H14ClNO2S/c18-12-7-5-11(6-8-12)17(21)19-9-15(20)14-10-22-16-4-2-1-3-13(14)16/h1-8,10,15,20H,9H2,(H,19,21). The van der Waals surface area contributed by atoms with Gasteiger partial charge in [0.25, 0.3) is 5.91 Å². The average Bonchev–Trinajstić information content (AvgIpc) is 2.97. The Morgan fingerprint density at radius 1 is 1.18 bits per heavy atom. The minimum atomic E-state index is -0.729. The van der Waals surface area contributed by atoms with Crippen LogP contribution in [0.25, 0.3) is 10.1 Å². The van der Waals surface area contributed by atoms with E-state index in [-0.39, 0.29) is 12.5 Å². The fourth-order valence-electron chi connectivity index (χ4n) is 2.26. The Balaban J connectivity index is 1.68. The maximum absolute atomic E-state index is 12.0. The highest BCUT2D eigenvalue weighted by Gasteiger charge is 2.14. The molecule has 1 aromatic heterocycles. The number of carbonyl (C=O) groups is 1. The van der Waals surface area contributed by atoms with Crippen LogP contribution in [0.3, 0.4) is 0 Å². The summed E-state index contributed by atoms with van der Waals surface area (Å²) < 4.78 is 1.13. The van der Waals surface area contributed by atoms with Crippen LogP contribution in [0.4, 0.5) is 0 Å². The van der Waals surface area contributed by atoms with Crippen molar-refractivity contribution in [1.82, 2.24) is 5.32 Å². The number of thiophene rings is 1. The molecule has 22 heavy (non-hydrogen) atoms. The van der Waals surface area contributed by atoms with Crippen LogP contribution in [0.5, 0.6) is 0 Å². The molecule has 0 spiro atoms. The molecule has 3 nitrogen and oxygen atoms in total. The van der Waals surface area contributed by atoms with E-state index in [1.807, 2.05) is 29.6 Å². The first kappa shape index (κ1) is 15.0. The maximum atomic E-state index is 12.0. The van der Waals surface area contributed by atoms with Crippen molar-refractivity contribution in [1.29, 1.82) is 0 Å². The van der Waals surface area contributed by atoms with E-state index in [9.17, 15) is 9.90 Å². The van der Waals surface area contributed by atoms with E-state index in [1.54, 1.807) is 35.6 Å². The molecule has 1 heterocycles. The van der Waals surface area contributed by atoms with Gasteiger partial charge in [-0.15, -0.1) is 11.3 Å². The molecule has 3 aromatic rings. The Morgan fingerprint density at radius 3 is 2.68 bits per heavy atom. The van der Waals surface area contributed by atoms with E-state index >= 15 is 0 Å². The first-order valence-electron chi connectivity index (χ1n) is 6.83. The van der Waals surface area contributed by atoms with E-state index < -0.39 is 6.10 Å². The zero-order chi connectivity index (χ0) is 15.5. The first-order valence-corrected chi connectivity index (χ1v) is 8.09. The second kappa shape index (κ2) is 6.48. The second-order valence-corrected chi connectivity index (χ2v) is 6.27. The average molecular weight is 332 g/mol. The predicted molar refractivity (Wildman–Crippen MR) is 90.6 cm³/mol. The predicted octanol–water partition coefficient (Wildman–Crippen LogP) is 4.02. The summed E-state index contributed by atoms with van der Waals surface area (Å²) in [5.74, 6) is -0.227. The molecule has 0 saturated heterocycles. The van der Waals surface area contributed by atoms with Crippen molar-refractivity contribution in [2.75, 3.05) is 6.54 Å². The summed E-state index contributed by atoms with van der Waals surface area (Å²) in [4.78, 5) is 12.0. The van der Waals surface area contributed by atoms with Gasteiger partial charge in [-0.1, -0.05) is 29.8 Å². The number of amides is 1. The molecule has 1 amide bonds. The van der Waals surface area contributed by atoms with Gasteiger partial charge in [0.05, 0.1) is 6.10 Å². The van der Waals surface area contributed by atoms with Crippen molar-refractivity contribution < 1.29 is 9.90 Å². The van der Waals surface area contributed by atoms with Crippen molar-refractivity contribution in [3.63, 3.8) is 0 Å². The molecule has 0 saturated carbocycles. The van der Waals surface area contributed by atoms with Crippen molar-refractivity contribution in [3.8, 4) is 0 Å². The Kier molecular flexibility index (Phi) is 4.43. The summed E-state index contributed by atoms with van der Waals surface area (Å²) in [6, 6.07) is 14.6. The second-order valence-electron chi connectivity index (χ2n) is 4.92. The Morgan fingerprint density at radius 2 is 1.91 bits per heavy atom. The fraction of sp³-hybridized carbons (Fsp3) is 0.118. The minimum Gasteiger partial charge on any atom is -0.387 e. The zero-order valence-electron chi connectivity index (χ0n) is 11.6. The van der Waals surface area contributed by atoms with Crippen LogP contribution in [0.15, 0.2) is 53.9 Å². The summed E-state index contributed by atoms with van der Waals surface area (Å²) in [6.45, 7) is 0.169. The molecule has 0 bridgehead atoms. The fourth-order valence-corrected chi connectivity index (χ4v) is 3.39. The number of nitrogens with one attached hydrogen (secondary N) is 1. The van der Waals surface area contributed by atoms with Crippen LogP contribution < -0.4 is 5.32 Å². The summed E-state index contributed by atoms with van der Waals surface area (Å²) >= 11 is 7.38. The van der Waals surface area contributed by atoms with Gasteiger partial charge in [-0.05, 0) is 41.1 Å². The third-order valence-electron chi connectivity index (χ3n) is 3.43. The van der Waals surface area contributed by atoms with Gasteiger partial charge in [0.15, 0.2) is 0 Å². The van der Waals surface area contributed by atoms with Gasteiger partial charge < -0.3 is 10.4 Å². The minimum absolute atomic E-state index is 0.169. The topological polar surface area (TPSA) is 49.3 Å². The number of aliphatic hydroxyl groups is 1. The molecule has 0 aliphatic carbocycles. The highest BCUT2D eigenvalue weighted by Crippen LogP contribution is 2.29. The van der Waals surface area contributed by atoms with E-state index in [0.717, 1.165) is 15.6 Å². The highest BCUT2D eigenvalue weighted by molar-refractivity contribution is 7.17. The van der Waals surface area contributed by atoms with Crippen molar-refractivity contribution in [2.24, 2.45) is 0 Å². The van der Waals surface area contributed by atoms with Gasteiger partial charge in [-0.2, -0.15) is 0 Å². The van der Waals surface area contributed by atoms with E-state index in [2.05, 4.69) is 5.32 Å². The molecule has 0 aliphatic rings. The summed E-state index contributed by atoms with van der Waals surface area (Å²) in [5.41, 5.74) is 1.36. The molecule has 3 rings (SSSR count). The van der Waals surface area contributed by atoms with Crippen LogP contribution in [0.1, 0.15) is 22.0 Å². The monoisotopic (exact) mass is 331 g/mol. The summed E-state index contributed by atoms with van der Waals surface area (Å²) in [7, 11) is 0. The third-order valence-corrected chi connectivity index (χ3v) is 4.67. The molecule has 0 radical (unpaired) electrons. The van der Waals surface area contributed by atoms with Gasteiger partial charge in [-0.3, -0.25) is 4.79 Å². The lowest BCUT2D eigenvalue weighted by Gasteiger charge is -2.11. The van der Waals surface area contributed by atoms with E-state index in [4.69, 9.17) is 11.6 Å². The maximum Gasteiger partial charge on any atom is 0.251 e. The lowest BCUT2D eigenvalue weighted by molar-refractivity contribution is 0.0917. The third kappa shape index (κ3) is 3.14. The number of halogens is 1. The first-order chi connectivity index (χ1) is 10.6. The molecule has 2 aromatic carbocycles. The van der Waals surface area contributed by atoms with Crippen LogP contribution in [-0.2, 0) is 0 Å². The smallest absolute Gasteiger partial charge is 0.251 e. The van der Waals surface area contributed by atoms with Crippen LogP contribution >= 0.6 is 22.9 Å². The largest absolute Gasteiger partial charge is 0.387 e. The summed E-state index contributed by atoms with van der Waals surface area (Å²) in [5, 5.41) is 16.6. The highest BCUT2D eigenvalue weighted by atomic mass is 35.5. The van der Waals surface area contributed by atoms with Gasteiger partial charge in [0.1, 0.15) is 0 Å². The van der Waals surface area contributed by atoms with Crippen LogP contribution in [0.2, 0.25) is 5.02 Å². The zero-order valence-corrected chi connectivity index (χ0v) is 13.2. The van der Waals surface area contributed by atoms with Gasteiger partial charge >= 0.3 is 0 Å². The van der Waals surface area contributed by atoms with Crippen molar-refractivity contribution in [2.45, 2.75) is 6.10 Å². The Hall–Kier alpha value is -1.88.